The van der Waals surface area contributed by atoms with Crippen LogP contribution in [0, 0.1) is 5.82 Å². The fourth-order valence-electron chi connectivity index (χ4n) is 2.75. The molecule has 152 valence electrons. The number of methoxy groups -OCH3 is 1. The van der Waals surface area contributed by atoms with Crippen molar-refractivity contribution >= 4 is 34.6 Å². The van der Waals surface area contributed by atoms with Gasteiger partial charge in [0.15, 0.2) is 16.7 Å². The van der Waals surface area contributed by atoms with E-state index in [1.165, 1.54) is 23.9 Å². The number of benzene rings is 2. The van der Waals surface area contributed by atoms with E-state index in [1.807, 2.05) is 38.1 Å². The maximum absolute atomic E-state index is 13.1. The maximum Gasteiger partial charge on any atom is 0.266 e. The van der Waals surface area contributed by atoms with E-state index in [0.717, 1.165) is 12.0 Å². The van der Waals surface area contributed by atoms with Crippen LogP contribution >= 0.6 is 11.8 Å². The Morgan fingerprint density at radius 2 is 1.90 bits per heavy atom. The van der Waals surface area contributed by atoms with Crippen LogP contribution in [0.5, 0.6) is 11.5 Å². The summed E-state index contributed by atoms with van der Waals surface area (Å²) in [6.45, 7) is 5.04. The van der Waals surface area contributed by atoms with E-state index in [0.29, 0.717) is 40.4 Å². The first-order valence-corrected chi connectivity index (χ1v) is 10.2. The van der Waals surface area contributed by atoms with E-state index in [9.17, 15) is 9.18 Å². The van der Waals surface area contributed by atoms with Crippen LogP contribution < -0.4 is 9.47 Å². The van der Waals surface area contributed by atoms with E-state index >= 15 is 0 Å². The summed E-state index contributed by atoms with van der Waals surface area (Å²) in [5, 5.41) is 0.574. The number of carbonyl (C=O) groups is 1. The van der Waals surface area contributed by atoms with Gasteiger partial charge in [-0.05, 0) is 73.1 Å². The van der Waals surface area contributed by atoms with Crippen LogP contribution in [0.2, 0.25) is 0 Å². The fourth-order valence-corrected chi connectivity index (χ4v) is 3.82. The third-order valence-electron chi connectivity index (χ3n) is 4.20. The summed E-state index contributed by atoms with van der Waals surface area (Å²) in [5.41, 5.74) is 1.43. The lowest BCUT2D eigenvalue weighted by Crippen LogP contribution is -2.28. The lowest BCUT2D eigenvalue weighted by molar-refractivity contribution is -0.122. The molecule has 0 unspecified atom stereocenters. The number of ether oxygens (including phenoxy) is 2. The van der Waals surface area contributed by atoms with E-state index in [1.54, 1.807) is 24.1 Å². The highest BCUT2D eigenvalue weighted by Crippen LogP contribution is 2.35. The number of rotatable bonds is 7. The number of halogens is 1. The molecule has 0 bridgehead atoms. The lowest BCUT2D eigenvalue weighted by Gasteiger charge is -2.12. The number of hydrogen-bond acceptors (Lipinski definition) is 5. The Bertz CT molecular complexity index is 942. The van der Waals surface area contributed by atoms with Gasteiger partial charge in [-0.15, -0.1) is 0 Å². The molecular formula is C22H23FN2O3S. The summed E-state index contributed by atoms with van der Waals surface area (Å²) < 4.78 is 24.2. The number of carbonyl (C=O) groups excluding carboxylic acids is 1. The molecule has 0 spiro atoms. The van der Waals surface area contributed by atoms with Crippen LogP contribution in [0.1, 0.15) is 25.8 Å². The highest BCUT2D eigenvalue weighted by atomic mass is 32.2. The smallest absolute Gasteiger partial charge is 0.266 e. The molecule has 0 saturated carbocycles. The van der Waals surface area contributed by atoms with Gasteiger partial charge in [0.05, 0.1) is 24.3 Å². The molecule has 0 atom stereocenters. The topological polar surface area (TPSA) is 51.1 Å². The highest BCUT2D eigenvalue weighted by Gasteiger charge is 2.32. The molecule has 0 radical (unpaired) electrons. The predicted octanol–water partition coefficient (Wildman–Crippen LogP) is 5.25. The van der Waals surface area contributed by atoms with Crippen molar-refractivity contribution in [2.75, 3.05) is 20.3 Å². The molecule has 3 rings (SSSR count). The molecule has 0 aromatic heterocycles. The molecule has 2 aromatic rings. The number of aliphatic imine (C=N–C) groups is 1. The Morgan fingerprint density at radius 3 is 2.55 bits per heavy atom. The Morgan fingerprint density at radius 1 is 1.14 bits per heavy atom. The van der Waals surface area contributed by atoms with Gasteiger partial charge in [0.25, 0.3) is 5.91 Å². The molecule has 0 N–H and O–H groups in total. The molecule has 7 heteroatoms. The van der Waals surface area contributed by atoms with Crippen LogP contribution in [0.4, 0.5) is 10.1 Å². The fraction of sp³-hybridized carbons (Fsp3) is 0.273. The van der Waals surface area contributed by atoms with Crippen LogP contribution in [-0.2, 0) is 4.79 Å². The quantitative estimate of drug-likeness (QED) is 0.581. The number of nitrogens with zero attached hydrogens (tertiary/aromatic N) is 2. The zero-order valence-corrected chi connectivity index (χ0v) is 17.5. The van der Waals surface area contributed by atoms with Gasteiger partial charge >= 0.3 is 0 Å². The third-order valence-corrected chi connectivity index (χ3v) is 5.21. The van der Waals surface area contributed by atoms with Crippen molar-refractivity contribution in [1.29, 1.82) is 0 Å². The third kappa shape index (κ3) is 4.98. The minimum absolute atomic E-state index is 0.108. The average Bonchev–Trinajstić information content (AvgIpc) is 3.02. The Balaban J connectivity index is 1.87. The summed E-state index contributed by atoms with van der Waals surface area (Å²) in [7, 11) is 1.59. The number of amidine groups is 1. The summed E-state index contributed by atoms with van der Waals surface area (Å²) in [5.74, 6) is 0.868. The number of hydrogen-bond donors (Lipinski definition) is 0. The molecule has 5 nitrogen and oxygen atoms in total. The Labute approximate surface area is 174 Å². The second-order valence-corrected chi connectivity index (χ2v) is 7.30. The summed E-state index contributed by atoms with van der Waals surface area (Å²) in [4.78, 5) is 19.5. The molecule has 1 amide bonds. The SMILES string of the molecule is CCCOc1ccc(/C=C2/SC(=Nc3ccc(F)cc3)N(CC)C2=O)cc1OC. The lowest BCUT2D eigenvalue weighted by atomic mass is 10.2. The van der Waals surface area contributed by atoms with Crippen molar-refractivity contribution in [3.05, 3.63) is 58.8 Å². The summed E-state index contributed by atoms with van der Waals surface area (Å²) in [6.07, 6.45) is 2.72. The Kier molecular flexibility index (Phi) is 6.93. The molecule has 29 heavy (non-hydrogen) atoms. The summed E-state index contributed by atoms with van der Waals surface area (Å²) >= 11 is 1.30. The van der Waals surface area contributed by atoms with E-state index in [-0.39, 0.29) is 11.7 Å². The van der Waals surface area contributed by atoms with Gasteiger partial charge in [-0.2, -0.15) is 0 Å². The first-order valence-electron chi connectivity index (χ1n) is 9.42. The predicted molar refractivity (Wildman–Crippen MR) is 115 cm³/mol. The zero-order chi connectivity index (χ0) is 20.8. The monoisotopic (exact) mass is 414 g/mol. The molecule has 0 aliphatic carbocycles. The van der Waals surface area contributed by atoms with E-state index in [2.05, 4.69) is 4.99 Å². The first kappa shape index (κ1) is 20.9. The van der Waals surface area contributed by atoms with Gasteiger partial charge in [-0.3, -0.25) is 9.69 Å². The number of thioether (sulfide) groups is 1. The van der Waals surface area contributed by atoms with Crippen molar-refractivity contribution in [1.82, 2.24) is 4.90 Å². The van der Waals surface area contributed by atoms with Gasteiger partial charge in [-0.1, -0.05) is 13.0 Å². The normalized spacial score (nSPS) is 16.7. The van der Waals surface area contributed by atoms with Crippen LogP contribution in [0.3, 0.4) is 0 Å². The van der Waals surface area contributed by atoms with Crippen molar-refractivity contribution in [3.63, 3.8) is 0 Å². The standard InChI is InChI=1S/C22H23FN2O3S/c1-4-12-28-18-11-6-15(13-19(18)27-3)14-20-21(26)25(5-2)22(29-20)24-17-9-7-16(23)8-10-17/h6-11,13-14H,4-5,12H2,1-3H3/b20-14+,24-22?. The highest BCUT2D eigenvalue weighted by molar-refractivity contribution is 8.18. The van der Waals surface area contributed by atoms with Gasteiger partial charge < -0.3 is 9.47 Å². The van der Waals surface area contributed by atoms with Gasteiger partial charge in [0.2, 0.25) is 0 Å². The maximum atomic E-state index is 13.1. The van der Waals surface area contributed by atoms with Gasteiger partial charge in [-0.25, -0.2) is 9.38 Å². The second-order valence-electron chi connectivity index (χ2n) is 6.29. The minimum atomic E-state index is -0.322. The number of likely N-dealkylation sites (N-methyl/N-ethyl adjacent to an activating group) is 1. The van der Waals surface area contributed by atoms with Crippen molar-refractivity contribution in [3.8, 4) is 11.5 Å². The molecule has 1 aliphatic heterocycles. The van der Waals surface area contributed by atoms with Gasteiger partial charge in [0, 0.05) is 6.54 Å². The first-order chi connectivity index (χ1) is 14.0. The van der Waals surface area contributed by atoms with Crippen molar-refractivity contribution in [2.45, 2.75) is 20.3 Å². The van der Waals surface area contributed by atoms with Crippen molar-refractivity contribution < 1.29 is 18.7 Å². The molecule has 1 saturated heterocycles. The van der Waals surface area contributed by atoms with Crippen LogP contribution in [-0.4, -0.2) is 36.2 Å². The molecule has 2 aromatic carbocycles. The van der Waals surface area contributed by atoms with E-state index < -0.39 is 0 Å². The number of amides is 1. The molecule has 1 aliphatic rings. The van der Waals surface area contributed by atoms with E-state index in [4.69, 9.17) is 9.47 Å². The van der Waals surface area contributed by atoms with Crippen molar-refractivity contribution in [2.24, 2.45) is 4.99 Å². The van der Waals surface area contributed by atoms with Gasteiger partial charge in [0.1, 0.15) is 5.82 Å². The average molecular weight is 415 g/mol. The Hall–Kier alpha value is -2.80. The second kappa shape index (κ2) is 9.60. The molecular weight excluding hydrogens is 391 g/mol. The van der Waals surface area contributed by atoms with Crippen LogP contribution in [0.15, 0.2) is 52.4 Å². The summed E-state index contributed by atoms with van der Waals surface area (Å²) in [6, 6.07) is 11.4. The molecule has 1 heterocycles. The largest absolute Gasteiger partial charge is 0.493 e. The minimum Gasteiger partial charge on any atom is -0.493 e. The zero-order valence-electron chi connectivity index (χ0n) is 16.6. The van der Waals surface area contributed by atoms with Crippen LogP contribution in [0.25, 0.3) is 6.08 Å². The molecule has 1 fully saturated rings.